The first-order valence-corrected chi connectivity index (χ1v) is 7.67. The second-order valence-electron chi connectivity index (χ2n) is 5.03. The number of aryl methyl sites for hydroxylation is 3. The predicted octanol–water partition coefficient (Wildman–Crippen LogP) is 3.58. The fourth-order valence-corrected chi connectivity index (χ4v) is 2.69. The van der Waals surface area contributed by atoms with Crippen LogP contribution in [0.1, 0.15) is 22.9 Å². The van der Waals surface area contributed by atoms with E-state index in [9.17, 15) is 0 Å². The molecule has 23 heavy (non-hydrogen) atoms. The van der Waals surface area contributed by atoms with Crippen LogP contribution in [0.25, 0.3) is 5.69 Å². The summed E-state index contributed by atoms with van der Waals surface area (Å²) in [6, 6.07) is 7.34. The van der Waals surface area contributed by atoms with Crippen LogP contribution in [0.5, 0.6) is 0 Å². The number of rotatable bonds is 3. The van der Waals surface area contributed by atoms with Crippen molar-refractivity contribution in [3.63, 3.8) is 0 Å². The molecule has 1 aromatic carbocycles. The van der Waals surface area contributed by atoms with Gasteiger partial charge in [-0.3, -0.25) is 0 Å². The molecule has 2 aromatic heterocycles. The molecule has 2 heterocycles. The van der Waals surface area contributed by atoms with Crippen LogP contribution >= 0.6 is 23.2 Å². The van der Waals surface area contributed by atoms with Crippen molar-refractivity contribution in [1.82, 2.24) is 24.7 Å². The van der Waals surface area contributed by atoms with E-state index in [-0.39, 0.29) is 0 Å². The van der Waals surface area contributed by atoms with E-state index in [4.69, 9.17) is 23.2 Å². The Bertz CT molecular complexity index is 874. The molecule has 6 nitrogen and oxygen atoms in total. The number of hydrogen-bond acceptors (Lipinski definition) is 4. The number of nitrogens with zero attached hydrogens (tertiary/aromatic N) is 6. The first-order valence-electron chi connectivity index (χ1n) is 6.91. The Labute approximate surface area is 143 Å². The van der Waals surface area contributed by atoms with Gasteiger partial charge in [-0.15, -0.1) is 10.2 Å². The molecule has 0 aliphatic rings. The van der Waals surface area contributed by atoms with Gasteiger partial charge >= 0.3 is 0 Å². The highest BCUT2D eigenvalue weighted by molar-refractivity contribution is 6.32. The van der Waals surface area contributed by atoms with Crippen LogP contribution in [-0.4, -0.2) is 30.9 Å². The summed E-state index contributed by atoms with van der Waals surface area (Å²) >= 11 is 12.5. The van der Waals surface area contributed by atoms with E-state index >= 15 is 0 Å². The lowest BCUT2D eigenvalue weighted by Crippen LogP contribution is -1.97. The monoisotopic (exact) mass is 348 g/mol. The molecule has 3 aromatic rings. The van der Waals surface area contributed by atoms with Crippen molar-refractivity contribution < 1.29 is 0 Å². The van der Waals surface area contributed by atoms with Gasteiger partial charge < -0.3 is 0 Å². The Kier molecular flexibility index (Phi) is 4.19. The molecule has 0 bridgehead atoms. The largest absolute Gasteiger partial charge is 0.221 e. The number of benzene rings is 1. The molecule has 0 radical (unpaired) electrons. The fourth-order valence-electron chi connectivity index (χ4n) is 2.18. The number of hydrogen-bond donors (Lipinski definition) is 0. The molecule has 0 saturated heterocycles. The lowest BCUT2D eigenvalue weighted by Gasteiger charge is -2.03. The first-order chi connectivity index (χ1) is 11.0. The van der Waals surface area contributed by atoms with Gasteiger partial charge in [0, 0.05) is 5.02 Å². The molecule has 0 spiro atoms. The Balaban J connectivity index is 2.02. The molecule has 0 aliphatic heterocycles. The molecule has 118 valence electrons. The second kappa shape index (κ2) is 6.14. The van der Waals surface area contributed by atoms with Crippen molar-refractivity contribution in [2.45, 2.75) is 20.8 Å². The third-order valence-corrected chi connectivity index (χ3v) is 3.95. The highest BCUT2D eigenvalue weighted by Gasteiger charge is 2.14. The van der Waals surface area contributed by atoms with Crippen LogP contribution in [0.3, 0.4) is 0 Å². The minimum Gasteiger partial charge on any atom is -0.221 e. The van der Waals surface area contributed by atoms with Crippen LogP contribution in [0, 0.1) is 20.8 Å². The molecule has 0 N–H and O–H groups in total. The van der Waals surface area contributed by atoms with E-state index in [1.54, 1.807) is 27.7 Å². The highest BCUT2D eigenvalue weighted by Crippen LogP contribution is 2.23. The minimum atomic E-state index is 0.469. The maximum absolute atomic E-state index is 6.46. The van der Waals surface area contributed by atoms with Gasteiger partial charge in [0.2, 0.25) is 0 Å². The maximum Gasteiger partial charge on any atom is 0.151 e. The quantitative estimate of drug-likeness (QED) is 0.679. The zero-order valence-electron chi connectivity index (χ0n) is 12.8. The molecule has 0 fully saturated rings. The zero-order chi connectivity index (χ0) is 16.6. The zero-order valence-corrected chi connectivity index (χ0v) is 14.3. The van der Waals surface area contributed by atoms with E-state index in [1.165, 1.54) is 0 Å². The summed E-state index contributed by atoms with van der Waals surface area (Å²) in [5.74, 6) is 1.41. The summed E-state index contributed by atoms with van der Waals surface area (Å²) in [6.07, 6.45) is 1.66. The molecular formula is C15H14Cl2N6. The van der Waals surface area contributed by atoms with Crippen molar-refractivity contribution in [1.29, 1.82) is 0 Å². The third kappa shape index (κ3) is 3.00. The van der Waals surface area contributed by atoms with Crippen molar-refractivity contribution in [3.8, 4) is 5.69 Å². The normalized spacial score (nSPS) is 11.5. The first kappa shape index (κ1) is 15.7. The second-order valence-corrected chi connectivity index (χ2v) is 5.83. The third-order valence-electron chi connectivity index (χ3n) is 3.36. The summed E-state index contributed by atoms with van der Waals surface area (Å²) in [5, 5.41) is 17.9. The van der Waals surface area contributed by atoms with Gasteiger partial charge in [0.25, 0.3) is 0 Å². The summed E-state index contributed by atoms with van der Waals surface area (Å²) in [5.41, 5.74) is 2.29. The number of aromatic nitrogens is 5. The van der Waals surface area contributed by atoms with Gasteiger partial charge in [-0.1, -0.05) is 29.3 Å². The molecule has 0 unspecified atom stereocenters. The van der Waals surface area contributed by atoms with Crippen LogP contribution < -0.4 is 0 Å². The van der Waals surface area contributed by atoms with E-state index in [0.717, 1.165) is 16.9 Å². The van der Waals surface area contributed by atoms with E-state index in [1.807, 2.05) is 32.9 Å². The van der Waals surface area contributed by atoms with E-state index in [2.05, 4.69) is 20.4 Å². The standard InChI is InChI=1S/C15H14Cl2N6/c1-9-14(8-18-22-10(2)19-20-11(22)3)15(17)23(21-9)13-6-4-5-12(16)7-13/h4-8H,1-3H3. The lowest BCUT2D eigenvalue weighted by atomic mass is 10.3. The molecule has 0 aliphatic carbocycles. The smallest absolute Gasteiger partial charge is 0.151 e. The number of halogens is 2. The van der Waals surface area contributed by atoms with Gasteiger partial charge in [0.1, 0.15) is 5.15 Å². The van der Waals surface area contributed by atoms with E-state index in [0.29, 0.717) is 21.8 Å². The minimum absolute atomic E-state index is 0.469. The fraction of sp³-hybridized carbons (Fsp3) is 0.200. The predicted molar refractivity (Wildman–Crippen MR) is 90.8 cm³/mol. The summed E-state index contributed by atoms with van der Waals surface area (Å²) < 4.78 is 3.28. The van der Waals surface area contributed by atoms with Gasteiger partial charge in [-0.25, -0.2) is 9.36 Å². The highest BCUT2D eigenvalue weighted by atomic mass is 35.5. The van der Waals surface area contributed by atoms with Crippen molar-refractivity contribution >= 4 is 29.4 Å². The van der Waals surface area contributed by atoms with Gasteiger partial charge in [0.15, 0.2) is 11.6 Å². The lowest BCUT2D eigenvalue weighted by molar-refractivity contribution is 0.799. The summed E-state index contributed by atoms with van der Waals surface area (Å²) in [6.45, 7) is 5.54. The van der Waals surface area contributed by atoms with Gasteiger partial charge in [-0.2, -0.15) is 10.2 Å². The van der Waals surface area contributed by atoms with Crippen LogP contribution in [0.2, 0.25) is 10.2 Å². The van der Waals surface area contributed by atoms with Crippen molar-refractivity contribution in [2.24, 2.45) is 5.10 Å². The summed E-state index contributed by atoms with van der Waals surface area (Å²) in [4.78, 5) is 0. The van der Waals surface area contributed by atoms with Crippen molar-refractivity contribution in [2.75, 3.05) is 0 Å². The van der Waals surface area contributed by atoms with E-state index < -0.39 is 0 Å². The Morgan fingerprint density at radius 2 is 1.78 bits per heavy atom. The average Bonchev–Trinajstić information content (AvgIpc) is 2.98. The summed E-state index contributed by atoms with van der Waals surface area (Å²) in [7, 11) is 0. The SMILES string of the molecule is Cc1nn(-c2cccc(Cl)c2)c(Cl)c1C=Nn1c(C)nnc1C. The molecule has 8 heteroatoms. The molecule has 0 atom stereocenters. The van der Waals surface area contributed by atoms with Crippen LogP contribution in [0.4, 0.5) is 0 Å². The maximum atomic E-state index is 6.46. The molecule has 0 amide bonds. The van der Waals surface area contributed by atoms with Crippen LogP contribution in [-0.2, 0) is 0 Å². The Morgan fingerprint density at radius 1 is 1.09 bits per heavy atom. The molecular weight excluding hydrogens is 335 g/mol. The van der Waals surface area contributed by atoms with Gasteiger partial charge in [0.05, 0.1) is 23.2 Å². The topological polar surface area (TPSA) is 60.9 Å². The average molecular weight is 349 g/mol. The van der Waals surface area contributed by atoms with Gasteiger partial charge in [-0.05, 0) is 39.0 Å². The Hall–Kier alpha value is -2.18. The molecule has 3 rings (SSSR count). The molecule has 0 saturated carbocycles. The van der Waals surface area contributed by atoms with Crippen molar-refractivity contribution in [3.05, 3.63) is 57.3 Å². The Morgan fingerprint density at radius 3 is 2.43 bits per heavy atom. The van der Waals surface area contributed by atoms with Crippen LogP contribution in [0.15, 0.2) is 29.4 Å².